The Morgan fingerprint density at radius 2 is 1.85 bits per heavy atom. The van der Waals surface area contributed by atoms with Crippen LogP contribution in [0.1, 0.15) is 0 Å². The van der Waals surface area contributed by atoms with Crippen LogP contribution in [-0.2, 0) is 21.1 Å². The minimum absolute atomic E-state index is 0.142. The Bertz CT molecular complexity index is 1090. The van der Waals surface area contributed by atoms with Crippen LogP contribution in [0.15, 0.2) is 53.6 Å². The van der Waals surface area contributed by atoms with Gasteiger partial charge in [0.15, 0.2) is 9.84 Å². The first-order valence-corrected chi connectivity index (χ1v) is 10.4. The molecule has 8 nitrogen and oxygen atoms in total. The van der Waals surface area contributed by atoms with Crippen LogP contribution in [0.25, 0.3) is 10.9 Å². The van der Waals surface area contributed by atoms with Crippen LogP contribution in [0.5, 0.6) is 0 Å². The molecule has 26 heavy (non-hydrogen) atoms. The molecule has 0 saturated heterocycles. The number of rotatable bonds is 5. The molecule has 2 aromatic carbocycles. The Hall–Kier alpha value is -2.56. The van der Waals surface area contributed by atoms with Crippen molar-refractivity contribution < 1.29 is 17.2 Å². The number of benzene rings is 2. The summed E-state index contributed by atoms with van der Waals surface area (Å²) in [4.78, 5) is 8.66. The van der Waals surface area contributed by atoms with E-state index in [1.165, 1.54) is 17.4 Å². The molecule has 0 saturated carbocycles. The van der Waals surface area contributed by atoms with Crippen molar-refractivity contribution in [2.24, 2.45) is 0 Å². The molecule has 0 fully saturated rings. The first-order chi connectivity index (χ1) is 12.3. The molecule has 0 amide bonds. The van der Waals surface area contributed by atoms with Crippen LogP contribution < -0.4 is 9.62 Å². The van der Waals surface area contributed by atoms with Crippen LogP contribution in [0, 0.1) is 0 Å². The highest BCUT2D eigenvalue weighted by atomic mass is 32.2. The quantitative estimate of drug-likeness (QED) is 0.641. The van der Waals surface area contributed by atoms with Crippen LogP contribution in [-0.4, -0.2) is 40.5 Å². The van der Waals surface area contributed by atoms with Gasteiger partial charge >= 0.3 is 0 Å². The van der Waals surface area contributed by atoms with E-state index in [0.717, 1.165) is 6.26 Å². The number of sulfone groups is 1. The second-order valence-electron chi connectivity index (χ2n) is 5.56. The molecular formula is C16H16N4O4S2. The molecule has 1 unspecified atom stereocenters. The summed E-state index contributed by atoms with van der Waals surface area (Å²) in [6, 6.07) is 11.6. The lowest BCUT2D eigenvalue weighted by Gasteiger charge is -2.14. The van der Waals surface area contributed by atoms with Gasteiger partial charge in [-0.25, -0.2) is 22.6 Å². The van der Waals surface area contributed by atoms with Gasteiger partial charge < -0.3 is 5.32 Å². The van der Waals surface area contributed by atoms with E-state index >= 15 is 0 Å². The van der Waals surface area contributed by atoms with Crippen molar-refractivity contribution in [2.45, 2.75) is 4.90 Å². The Balaban J connectivity index is 1.93. The van der Waals surface area contributed by atoms with Crippen LogP contribution in [0.2, 0.25) is 0 Å². The number of hydrogen-bond donors (Lipinski definition) is 2. The van der Waals surface area contributed by atoms with Gasteiger partial charge in [-0.15, -0.1) is 0 Å². The highest BCUT2D eigenvalue weighted by molar-refractivity contribution is 7.91. The second-order valence-corrected chi connectivity index (χ2v) is 8.55. The molecule has 0 radical (unpaired) electrons. The van der Waals surface area contributed by atoms with Crippen molar-refractivity contribution in [2.75, 3.05) is 22.9 Å². The first-order valence-electron chi connectivity index (χ1n) is 7.43. The molecule has 0 aliphatic heterocycles. The van der Waals surface area contributed by atoms with Gasteiger partial charge in [-0.3, -0.25) is 8.86 Å². The van der Waals surface area contributed by atoms with Crippen molar-refractivity contribution in [3.8, 4) is 0 Å². The average molecular weight is 392 g/mol. The van der Waals surface area contributed by atoms with E-state index in [9.17, 15) is 12.6 Å². The lowest BCUT2D eigenvalue weighted by Crippen LogP contribution is -2.18. The lowest BCUT2D eigenvalue weighted by atomic mass is 10.2. The van der Waals surface area contributed by atoms with Gasteiger partial charge in [0.25, 0.3) is 11.3 Å². The smallest absolute Gasteiger partial charge is 0.261 e. The molecule has 10 heteroatoms. The number of nitrogens with one attached hydrogen (secondary N) is 1. The maximum Gasteiger partial charge on any atom is 0.261 e. The fourth-order valence-corrected chi connectivity index (χ4v) is 3.50. The average Bonchev–Trinajstić information content (AvgIpc) is 2.60. The Labute approximate surface area is 153 Å². The third-order valence-corrected chi connectivity index (χ3v) is 5.50. The maximum atomic E-state index is 11.9. The van der Waals surface area contributed by atoms with E-state index in [1.807, 2.05) is 0 Å². The fraction of sp³-hybridized carbons (Fsp3) is 0.125. The van der Waals surface area contributed by atoms with Crippen molar-refractivity contribution in [1.29, 1.82) is 0 Å². The predicted molar refractivity (Wildman–Crippen MR) is 102 cm³/mol. The Morgan fingerprint density at radius 1 is 1.15 bits per heavy atom. The van der Waals surface area contributed by atoms with Crippen LogP contribution in [0.3, 0.4) is 0 Å². The summed E-state index contributed by atoms with van der Waals surface area (Å²) in [6.07, 6.45) is 2.69. The van der Waals surface area contributed by atoms with E-state index in [0.29, 0.717) is 22.3 Å². The molecule has 1 heterocycles. The van der Waals surface area contributed by atoms with Gasteiger partial charge in [-0.2, -0.15) is 0 Å². The van der Waals surface area contributed by atoms with Crippen LogP contribution in [0.4, 0.5) is 17.3 Å². The summed E-state index contributed by atoms with van der Waals surface area (Å²) in [6.45, 7) is 0. The lowest BCUT2D eigenvalue weighted by molar-refractivity contribution is 0.562. The minimum Gasteiger partial charge on any atom is -0.324 e. The van der Waals surface area contributed by atoms with Gasteiger partial charge in [0.1, 0.15) is 0 Å². The summed E-state index contributed by atoms with van der Waals surface area (Å²) in [5.74, 6) is 0.250. The van der Waals surface area contributed by atoms with E-state index < -0.39 is 21.1 Å². The van der Waals surface area contributed by atoms with Crippen LogP contribution >= 0.6 is 0 Å². The number of fused-ring (bicyclic) bond motifs is 1. The van der Waals surface area contributed by atoms with E-state index in [2.05, 4.69) is 15.3 Å². The summed E-state index contributed by atoms with van der Waals surface area (Å²) in [7, 11) is -1.92. The third kappa shape index (κ3) is 3.82. The largest absolute Gasteiger partial charge is 0.324 e. The number of nitrogens with zero attached hydrogens (tertiary/aromatic N) is 3. The zero-order valence-corrected chi connectivity index (χ0v) is 15.6. The normalized spacial score (nSPS) is 12.7. The van der Waals surface area contributed by atoms with Gasteiger partial charge in [0.2, 0.25) is 5.95 Å². The molecule has 0 aliphatic rings. The molecule has 0 bridgehead atoms. The topological polar surface area (TPSA) is 112 Å². The van der Waals surface area contributed by atoms with Crippen molar-refractivity contribution >= 4 is 49.3 Å². The number of hydrogen-bond acceptors (Lipinski definition) is 6. The summed E-state index contributed by atoms with van der Waals surface area (Å²) in [5.41, 5.74) is 1.57. The molecule has 136 valence electrons. The molecule has 0 aliphatic carbocycles. The zero-order chi connectivity index (χ0) is 18.9. The molecule has 3 aromatic rings. The van der Waals surface area contributed by atoms with Crippen molar-refractivity contribution in [1.82, 2.24) is 9.97 Å². The molecule has 3 rings (SSSR count). The second kappa shape index (κ2) is 6.98. The van der Waals surface area contributed by atoms with E-state index in [1.54, 1.807) is 42.6 Å². The number of anilines is 3. The molecule has 1 atom stereocenters. The zero-order valence-electron chi connectivity index (χ0n) is 13.9. The first kappa shape index (κ1) is 18.2. The maximum absolute atomic E-state index is 11.9. The van der Waals surface area contributed by atoms with Gasteiger partial charge in [0.05, 0.1) is 16.1 Å². The molecule has 0 spiro atoms. The minimum atomic E-state index is -3.42. The number of aromatic nitrogens is 2. The summed E-state index contributed by atoms with van der Waals surface area (Å²) in [5, 5.41) is 3.62. The van der Waals surface area contributed by atoms with Crippen molar-refractivity contribution in [3.63, 3.8) is 0 Å². The molecule has 1 aromatic heterocycles. The summed E-state index contributed by atoms with van der Waals surface area (Å²) >= 11 is -2.10. The fourth-order valence-electron chi connectivity index (χ4n) is 2.36. The SMILES string of the molecule is CN(c1ccc(Nc2ncc3cccc(S(C)(=O)=O)c3n2)cc1)S(=O)O. The molecular weight excluding hydrogens is 376 g/mol. The highest BCUT2D eigenvalue weighted by Gasteiger charge is 2.14. The van der Waals surface area contributed by atoms with E-state index in [4.69, 9.17) is 4.55 Å². The standard InChI is InChI=1S/C16H16N4O4S2/c1-20(25(21)22)13-8-6-12(7-9-13)18-16-17-10-11-4-3-5-14(15(11)19-16)26(2,23)24/h3-10H,1-2H3,(H,21,22)(H,17,18,19). The summed E-state index contributed by atoms with van der Waals surface area (Å²) < 4.78 is 45.2. The molecule has 2 N–H and O–H groups in total. The highest BCUT2D eigenvalue weighted by Crippen LogP contribution is 2.24. The van der Waals surface area contributed by atoms with E-state index in [-0.39, 0.29) is 10.8 Å². The third-order valence-electron chi connectivity index (χ3n) is 3.69. The number of para-hydroxylation sites is 1. The predicted octanol–water partition coefficient (Wildman–Crippen LogP) is 2.35. The van der Waals surface area contributed by atoms with Crippen molar-refractivity contribution in [3.05, 3.63) is 48.7 Å². The Kier molecular flexibility index (Phi) is 4.90. The van der Waals surface area contributed by atoms with Gasteiger partial charge in [-0.05, 0) is 30.3 Å². The monoisotopic (exact) mass is 392 g/mol. The Morgan fingerprint density at radius 3 is 2.46 bits per heavy atom. The van der Waals surface area contributed by atoms with Gasteiger partial charge in [0, 0.05) is 30.6 Å². The van der Waals surface area contributed by atoms with Gasteiger partial charge in [-0.1, -0.05) is 12.1 Å².